The van der Waals surface area contributed by atoms with E-state index in [1.807, 2.05) is 30.3 Å². The number of anilines is 1. The van der Waals surface area contributed by atoms with Crippen molar-refractivity contribution in [2.45, 2.75) is 12.5 Å². The largest absolute Gasteiger partial charge is 0.291 e. The fraction of sp³-hybridized carbons (Fsp3) is 0.133. The summed E-state index contributed by atoms with van der Waals surface area (Å²) in [6.45, 7) is 1.68. The number of benzene rings is 2. The molecule has 0 fully saturated rings. The molecule has 2 aromatic rings. The molecule has 1 radical (unpaired) electrons. The lowest BCUT2D eigenvalue weighted by molar-refractivity contribution is 0.0669. The minimum atomic E-state index is -1.15. The third kappa shape index (κ3) is 1.25. The minimum Gasteiger partial charge on any atom is -0.291 e. The number of hydroxylamine groups is 1. The van der Waals surface area contributed by atoms with E-state index in [0.717, 1.165) is 10.6 Å². The van der Waals surface area contributed by atoms with Crippen LogP contribution in [0.2, 0.25) is 0 Å². The van der Waals surface area contributed by atoms with E-state index >= 15 is 0 Å². The number of fused-ring (bicyclic) bond motifs is 1. The number of hydrogen-bond donors (Lipinski definition) is 0. The van der Waals surface area contributed by atoms with Gasteiger partial charge in [-0.15, -0.1) is 0 Å². The summed E-state index contributed by atoms with van der Waals surface area (Å²) in [6.07, 6.45) is 0. The van der Waals surface area contributed by atoms with Crippen molar-refractivity contribution in [1.29, 1.82) is 0 Å². The van der Waals surface area contributed by atoms with Crippen molar-refractivity contribution in [2.24, 2.45) is 0 Å². The van der Waals surface area contributed by atoms with Crippen molar-refractivity contribution in [3.05, 3.63) is 65.7 Å². The van der Waals surface area contributed by atoms with Gasteiger partial charge in [-0.05, 0) is 24.6 Å². The summed E-state index contributed by atoms with van der Waals surface area (Å²) in [6, 6.07) is 16.1. The number of para-hydroxylation sites is 1. The number of carbonyl (C=O) groups is 1. The molecule has 1 atom stereocenters. The third-order valence-electron chi connectivity index (χ3n) is 3.55. The number of nitrogens with zero attached hydrogens (tertiary/aromatic N) is 1. The summed E-state index contributed by atoms with van der Waals surface area (Å²) >= 11 is 0. The number of Topliss-reactive ketones (excluding diaryl/α,β-unsaturated/α-hetero) is 1. The second-order valence-electron chi connectivity index (χ2n) is 4.58. The van der Waals surface area contributed by atoms with Gasteiger partial charge in [0.05, 0.1) is 5.69 Å². The average molecular weight is 238 g/mol. The van der Waals surface area contributed by atoms with E-state index in [4.69, 9.17) is 0 Å². The molecule has 3 rings (SSSR count). The highest BCUT2D eigenvalue weighted by Gasteiger charge is 2.49. The van der Waals surface area contributed by atoms with Crippen molar-refractivity contribution in [2.75, 3.05) is 5.06 Å². The molecule has 0 saturated heterocycles. The number of ketones is 1. The first-order valence-corrected chi connectivity index (χ1v) is 5.82. The molecule has 3 heteroatoms. The van der Waals surface area contributed by atoms with E-state index in [0.29, 0.717) is 11.3 Å². The smallest absolute Gasteiger partial charge is 0.197 e. The van der Waals surface area contributed by atoms with E-state index in [9.17, 15) is 10.0 Å². The predicted octanol–water partition coefficient (Wildman–Crippen LogP) is 2.95. The highest BCUT2D eigenvalue weighted by Crippen LogP contribution is 2.43. The predicted molar refractivity (Wildman–Crippen MR) is 67.7 cm³/mol. The van der Waals surface area contributed by atoms with Gasteiger partial charge in [0.15, 0.2) is 11.3 Å². The van der Waals surface area contributed by atoms with E-state index in [1.54, 1.807) is 31.2 Å². The summed E-state index contributed by atoms with van der Waals surface area (Å²) in [7, 11) is 0. The fourth-order valence-electron chi connectivity index (χ4n) is 2.45. The molecule has 0 aliphatic carbocycles. The van der Waals surface area contributed by atoms with Crippen molar-refractivity contribution in [1.82, 2.24) is 0 Å². The molecule has 18 heavy (non-hydrogen) atoms. The van der Waals surface area contributed by atoms with Gasteiger partial charge in [-0.2, -0.15) is 0 Å². The number of carbonyl (C=O) groups excluding carboxylic acids is 1. The summed E-state index contributed by atoms with van der Waals surface area (Å²) in [5.41, 5.74) is 0.527. The van der Waals surface area contributed by atoms with Gasteiger partial charge in [-0.25, -0.2) is 5.06 Å². The van der Waals surface area contributed by atoms with Crippen LogP contribution in [-0.4, -0.2) is 5.78 Å². The lowest BCUT2D eigenvalue weighted by Gasteiger charge is -2.28. The van der Waals surface area contributed by atoms with Crippen LogP contribution in [-0.2, 0) is 10.7 Å². The molecule has 1 aliphatic rings. The van der Waals surface area contributed by atoms with E-state index in [2.05, 4.69) is 0 Å². The fourth-order valence-corrected chi connectivity index (χ4v) is 2.45. The van der Waals surface area contributed by atoms with Gasteiger partial charge >= 0.3 is 0 Å². The lowest BCUT2D eigenvalue weighted by atomic mass is 9.87. The first-order chi connectivity index (χ1) is 8.65. The molecule has 0 spiro atoms. The molecule has 0 aromatic heterocycles. The quantitative estimate of drug-likeness (QED) is 0.766. The maximum atomic E-state index is 12.5. The van der Waals surface area contributed by atoms with Gasteiger partial charge in [0.1, 0.15) is 0 Å². The minimum absolute atomic E-state index is 0.140. The molecule has 0 N–H and O–H groups in total. The third-order valence-corrected chi connectivity index (χ3v) is 3.55. The monoisotopic (exact) mass is 238 g/mol. The van der Waals surface area contributed by atoms with Crippen molar-refractivity contribution < 1.29 is 10.0 Å². The Bertz CT molecular complexity index is 609. The Morgan fingerprint density at radius 2 is 1.56 bits per heavy atom. The molecule has 3 nitrogen and oxygen atoms in total. The maximum Gasteiger partial charge on any atom is 0.197 e. The SMILES string of the molecule is C[C@@]1(c2ccccc2)C(=O)c2ccccc2N1[O]. The summed E-state index contributed by atoms with van der Waals surface area (Å²) in [5.74, 6) is -0.140. The Labute approximate surface area is 105 Å². The van der Waals surface area contributed by atoms with Crippen molar-refractivity contribution in [3.63, 3.8) is 0 Å². The Morgan fingerprint density at radius 1 is 0.944 bits per heavy atom. The topological polar surface area (TPSA) is 40.2 Å². The molecule has 1 aliphatic heterocycles. The molecule has 0 saturated carbocycles. The van der Waals surface area contributed by atoms with Crippen molar-refractivity contribution >= 4 is 11.5 Å². The van der Waals surface area contributed by atoms with Gasteiger partial charge in [0.25, 0.3) is 0 Å². The van der Waals surface area contributed by atoms with Gasteiger partial charge in [-0.3, -0.25) is 4.79 Å². The summed E-state index contributed by atoms with van der Waals surface area (Å²) < 4.78 is 0. The Hall–Kier alpha value is -2.13. The number of hydrogen-bond acceptors (Lipinski definition) is 2. The first kappa shape index (κ1) is 11.0. The van der Waals surface area contributed by atoms with E-state index in [1.165, 1.54) is 0 Å². The highest BCUT2D eigenvalue weighted by atomic mass is 16.5. The number of rotatable bonds is 1. The van der Waals surface area contributed by atoms with Gasteiger partial charge in [-0.1, -0.05) is 47.7 Å². The molecule has 0 amide bonds. The van der Waals surface area contributed by atoms with Crippen LogP contribution in [0.3, 0.4) is 0 Å². The Morgan fingerprint density at radius 3 is 2.22 bits per heavy atom. The molecular weight excluding hydrogens is 226 g/mol. The highest BCUT2D eigenvalue weighted by molar-refractivity contribution is 6.13. The maximum absolute atomic E-state index is 12.5. The normalized spacial score (nSPS) is 22.1. The van der Waals surface area contributed by atoms with Gasteiger partial charge < -0.3 is 0 Å². The van der Waals surface area contributed by atoms with Crippen LogP contribution in [0.4, 0.5) is 5.69 Å². The van der Waals surface area contributed by atoms with Crippen LogP contribution in [0, 0.1) is 0 Å². The molecular formula is C15H12NO2. The molecule has 1 heterocycles. The zero-order valence-electron chi connectivity index (χ0n) is 9.96. The molecule has 0 unspecified atom stereocenters. The first-order valence-electron chi connectivity index (χ1n) is 5.82. The Kier molecular flexibility index (Phi) is 2.25. The van der Waals surface area contributed by atoms with Crippen LogP contribution in [0.15, 0.2) is 54.6 Å². The van der Waals surface area contributed by atoms with Crippen LogP contribution < -0.4 is 5.06 Å². The van der Waals surface area contributed by atoms with Crippen LogP contribution in [0.25, 0.3) is 0 Å². The second-order valence-corrected chi connectivity index (χ2v) is 4.58. The lowest BCUT2D eigenvalue weighted by Crippen LogP contribution is -2.42. The van der Waals surface area contributed by atoms with Gasteiger partial charge in [0.2, 0.25) is 0 Å². The zero-order chi connectivity index (χ0) is 12.8. The van der Waals surface area contributed by atoms with E-state index < -0.39 is 5.54 Å². The van der Waals surface area contributed by atoms with Crippen LogP contribution in [0.5, 0.6) is 0 Å². The summed E-state index contributed by atoms with van der Waals surface area (Å²) in [4.78, 5) is 12.5. The zero-order valence-corrected chi connectivity index (χ0v) is 9.96. The van der Waals surface area contributed by atoms with Crippen LogP contribution in [0.1, 0.15) is 22.8 Å². The molecule has 89 valence electrons. The molecule has 2 aromatic carbocycles. The average Bonchev–Trinajstić information content (AvgIpc) is 2.64. The second kappa shape index (κ2) is 3.68. The standard InChI is InChI=1S/C15H12NO2/c1-15(11-7-3-2-4-8-11)14(17)12-9-5-6-10-13(12)16(15)18/h2-10H,1H3/t15-/m1/s1. The van der Waals surface area contributed by atoms with E-state index in [-0.39, 0.29) is 5.78 Å². The van der Waals surface area contributed by atoms with Gasteiger partial charge in [0, 0.05) is 5.56 Å². The van der Waals surface area contributed by atoms with Crippen molar-refractivity contribution in [3.8, 4) is 0 Å². The van der Waals surface area contributed by atoms with Crippen LogP contribution >= 0.6 is 0 Å². The Balaban J connectivity index is 2.20. The summed E-state index contributed by atoms with van der Waals surface area (Å²) in [5, 5.41) is 13.2. The molecule has 0 bridgehead atoms.